The lowest BCUT2D eigenvalue weighted by atomic mass is 9.79. The Hall–Kier alpha value is -2.00. The quantitative estimate of drug-likeness (QED) is 0.830. The van der Waals surface area contributed by atoms with Gasteiger partial charge in [-0.25, -0.2) is 0 Å². The fourth-order valence-corrected chi connectivity index (χ4v) is 3.72. The normalized spacial score (nSPS) is 23.7. The maximum atomic E-state index is 5.91. The van der Waals surface area contributed by atoms with Gasteiger partial charge >= 0.3 is 0 Å². The van der Waals surface area contributed by atoms with Crippen molar-refractivity contribution < 1.29 is 9.47 Å². The van der Waals surface area contributed by atoms with E-state index in [9.17, 15) is 0 Å². The number of rotatable bonds is 5. The van der Waals surface area contributed by atoms with E-state index in [1.807, 2.05) is 12.1 Å². The summed E-state index contributed by atoms with van der Waals surface area (Å²) >= 11 is 0. The first-order valence-corrected chi connectivity index (χ1v) is 8.27. The van der Waals surface area contributed by atoms with Crippen LogP contribution in [0.3, 0.4) is 0 Å². The Balaban J connectivity index is 2.07. The van der Waals surface area contributed by atoms with E-state index in [0.717, 1.165) is 25.5 Å². The molecule has 3 rings (SSSR count). The molecule has 0 amide bonds. The molecular weight excluding hydrogens is 286 g/mol. The highest BCUT2D eigenvalue weighted by Gasteiger charge is 2.47. The van der Waals surface area contributed by atoms with Gasteiger partial charge in [-0.05, 0) is 36.8 Å². The van der Waals surface area contributed by atoms with Gasteiger partial charge in [-0.1, -0.05) is 37.3 Å². The lowest BCUT2D eigenvalue weighted by Crippen LogP contribution is -2.51. The summed E-state index contributed by atoms with van der Waals surface area (Å²) < 4.78 is 11.2. The Morgan fingerprint density at radius 2 is 1.83 bits per heavy atom. The molecule has 3 nitrogen and oxygen atoms in total. The fourth-order valence-electron chi connectivity index (χ4n) is 3.72. The van der Waals surface area contributed by atoms with E-state index in [1.54, 1.807) is 7.11 Å². The lowest BCUT2D eigenvalue weighted by Gasteiger charge is -2.45. The van der Waals surface area contributed by atoms with Crippen LogP contribution in [0, 0.1) is 5.92 Å². The van der Waals surface area contributed by atoms with Crippen molar-refractivity contribution in [3.05, 3.63) is 60.2 Å². The van der Waals surface area contributed by atoms with Gasteiger partial charge in [0.25, 0.3) is 0 Å². The molecular formula is C20H25NO2. The first-order valence-electron chi connectivity index (χ1n) is 8.27. The molecule has 2 aromatic rings. The zero-order valence-electron chi connectivity index (χ0n) is 14.2. The van der Waals surface area contributed by atoms with Gasteiger partial charge in [0.2, 0.25) is 0 Å². The molecule has 0 saturated carbocycles. The van der Waals surface area contributed by atoms with E-state index in [-0.39, 0.29) is 5.54 Å². The number of hydrogen-bond acceptors (Lipinski definition) is 3. The summed E-state index contributed by atoms with van der Waals surface area (Å²) in [5.41, 5.74) is 2.40. The Morgan fingerprint density at radius 1 is 1.13 bits per heavy atom. The molecule has 23 heavy (non-hydrogen) atoms. The second kappa shape index (κ2) is 6.63. The number of methoxy groups -OCH3 is 1. The molecule has 0 radical (unpaired) electrons. The van der Waals surface area contributed by atoms with Crippen LogP contribution >= 0.6 is 0 Å². The van der Waals surface area contributed by atoms with Gasteiger partial charge in [0.05, 0.1) is 25.9 Å². The van der Waals surface area contributed by atoms with E-state index in [2.05, 4.69) is 61.2 Å². The number of ether oxygens (including phenoxy) is 2. The van der Waals surface area contributed by atoms with E-state index >= 15 is 0 Å². The molecule has 0 aliphatic carbocycles. The minimum atomic E-state index is -0.120. The average Bonchev–Trinajstić information content (AvgIpc) is 2.99. The minimum Gasteiger partial charge on any atom is -0.497 e. The lowest BCUT2D eigenvalue weighted by molar-refractivity contribution is 0.174. The number of hydrogen-bond donors (Lipinski definition) is 0. The van der Waals surface area contributed by atoms with E-state index in [1.165, 1.54) is 11.3 Å². The molecule has 0 spiro atoms. The largest absolute Gasteiger partial charge is 0.497 e. The molecule has 1 aliphatic heterocycles. The summed E-state index contributed by atoms with van der Waals surface area (Å²) in [7, 11) is 1.70. The van der Waals surface area contributed by atoms with Crippen LogP contribution in [0.25, 0.3) is 0 Å². The highest BCUT2D eigenvalue weighted by atomic mass is 16.5. The third-order valence-electron chi connectivity index (χ3n) is 4.96. The topological polar surface area (TPSA) is 21.7 Å². The fraction of sp³-hybridized carbons (Fsp3) is 0.400. The van der Waals surface area contributed by atoms with Gasteiger partial charge in [-0.15, -0.1) is 0 Å². The molecule has 0 N–H and O–H groups in total. The SMILES string of the molecule is CCN(c1ccc(OC)cc1)C1(c2ccccc2)COCC1C. The third-order valence-corrected chi connectivity index (χ3v) is 4.96. The van der Waals surface area contributed by atoms with Crippen LogP contribution in [0.4, 0.5) is 5.69 Å². The number of anilines is 1. The third kappa shape index (κ3) is 2.70. The van der Waals surface area contributed by atoms with Crippen molar-refractivity contribution >= 4 is 5.69 Å². The Bertz CT molecular complexity index is 626. The van der Waals surface area contributed by atoms with Crippen LogP contribution in [-0.4, -0.2) is 26.9 Å². The van der Waals surface area contributed by atoms with Gasteiger partial charge in [0.15, 0.2) is 0 Å². The van der Waals surface area contributed by atoms with Gasteiger partial charge < -0.3 is 14.4 Å². The van der Waals surface area contributed by atoms with E-state index in [0.29, 0.717) is 5.92 Å². The molecule has 0 bridgehead atoms. The van der Waals surface area contributed by atoms with Gasteiger partial charge in [0, 0.05) is 18.2 Å². The maximum Gasteiger partial charge on any atom is 0.119 e. The molecule has 1 saturated heterocycles. The zero-order chi connectivity index (χ0) is 16.3. The van der Waals surface area contributed by atoms with Crippen LogP contribution in [0.15, 0.2) is 54.6 Å². The molecule has 2 aromatic carbocycles. The molecule has 1 heterocycles. The van der Waals surface area contributed by atoms with Crippen LogP contribution in [0.5, 0.6) is 5.75 Å². The first kappa shape index (κ1) is 15.9. The first-order chi connectivity index (χ1) is 11.2. The van der Waals surface area contributed by atoms with Crippen molar-refractivity contribution in [2.45, 2.75) is 19.4 Å². The molecule has 2 unspecified atom stereocenters. The van der Waals surface area contributed by atoms with Gasteiger partial charge in [-0.3, -0.25) is 0 Å². The Kier molecular flexibility index (Phi) is 4.58. The monoisotopic (exact) mass is 311 g/mol. The Labute approximate surface area is 138 Å². The summed E-state index contributed by atoms with van der Waals surface area (Å²) in [6.45, 7) is 6.93. The van der Waals surface area contributed by atoms with Gasteiger partial charge in [0.1, 0.15) is 5.75 Å². The average molecular weight is 311 g/mol. The maximum absolute atomic E-state index is 5.91. The van der Waals surface area contributed by atoms with Crippen molar-refractivity contribution in [1.29, 1.82) is 0 Å². The highest BCUT2D eigenvalue weighted by Crippen LogP contribution is 2.43. The Morgan fingerprint density at radius 3 is 2.35 bits per heavy atom. The number of benzene rings is 2. The van der Waals surface area contributed by atoms with Gasteiger partial charge in [-0.2, -0.15) is 0 Å². The summed E-state index contributed by atoms with van der Waals surface area (Å²) in [4.78, 5) is 2.47. The van der Waals surface area contributed by atoms with Crippen LogP contribution in [-0.2, 0) is 10.3 Å². The van der Waals surface area contributed by atoms with E-state index < -0.39 is 0 Å². The molecule has 2 atom stereocenters. The molecule has 1 aliphatic rings. The second-order valence-corrected chi connectivity index (χ2v) is 6.15. The standard InChI is InChI=1S/C20H25NO2/c1-4-21(18-10-12-19(22-3)13-11-18)20(15-23-14-16(20)2)17-8-6-5-7-9-17/h5-13,16H,4,14-15H2,1-3H3. The minimum absolute atomic E-state index is 0.120. The molecule has 0 aromatic heterocycles. The summed E-state index contributed by atoms with van der Waals surface area (Å²) in [6, 6.07) is 19.1. The van der Waals surface area contributed by atoms with Crippen molar-refractivity contribution in [1.82, 2.24) is 0 Å². The number of nitrogens with zero attached hydrogens (tertiary/aromatic N) is 1. The predicted octanol–water partition coefficient (Wildman–Crippen LogP) is 4.08. The molecule has 3 heteroatoms. The zero-order valence-corrected chi connectivity index (χ0v) is 14.2. The summed E-state index contributed by atoms with van der Waals surface area (Å²) in [5.74, 6) is 1.31. The van der Waals surface area contributed by atoms with Crippen LogP contribution in [0.2, 0.25) is 0 Å². The van der Waals surface area contributed by atoms with Crippen molar-refractivity contribution in [3.8, 4) is 5.75 Å². The van der Waals surface area contributed by atoms with Crippen molar-refractivity contribution in [2.24, 2.45) is 5.92 Å². The van der Waals surface area contributed by atoms with E-state index in [4.69, 9.17) is 9.47 Å². The highest BCUT2D eigenvalue weighted by molar-refractivity contribution is 5.54. The summed E-state index contributed by atoms with van der Waals surface area (Å²) in [6.07, 6.45) is 0. The van der Waals surface area contributed by atoms with Crippen LogP contribution in [0.1, 0.15) is 19.4 Å². The van der Waals surface area contributed by atoms with Crippen molar-refractivity contribution in [2.75, 3.05) is 31.8 Å². The van der Waals surface area contributed by atoms with Crippen molar-refractivity contribution in [3.63, 3.8) is 0 Å². The predicted molar refractivity (Wildman–Crippen MR) is 94.1 cm³/mol. The smallest absolute Gasteiger partial charge is 0.119 e. The second-order valence-electron chi connectivity index (χ2n) is 6.15. The molecule has 1 fully saturated rings. The number of likely N-dealkylation sites (N-methyl/N-ethyl adjacent to an activating group) is 1. The molecule has 122 valence electrons. The van der Waals surface area contributed by atoms with Crippen LogP contribution < -0.4 is 9.64 Å². The summed E-state index contributed by atoms with van der Waals surface area (Å²) in [5, 5.41) is 0.